The highest BCUT2D eigenvalue weighted by Crippen LogP contribution is 2.18. The third-order valence-electron chi connectivity index (χ3n) is 1.60. The van der Waals surface area contributed by atoms with E-state index in [2.05, 4.69) is 26.3 Å². The molecule has 1 heterocycles. The number of benzene rings is 1. The Labute approximate surface area is 107 Å². The van der Waals surface area contributed by atoms with Crippen LogP contribution in [0.5, 0.6) is 0 Å². The smallest absolute Gasteiger partial charge is 0.232 e. The van der Waals surface area contributed by atoms with Crippen LogP contribution in [0.4, 0.5) is 11.6 Å². The first-order valence-corrected chi connectivity index (χ1v) is 5.28. The van der Waals surface area contributed by atoms with Crippen molar-refractivity contribution in [2.75, 3.05) is 5.32 Å². The molecule has 0 atom stereocenters. The first-order valence-electron chi connectivity index (χ1n) is 4.15. The molecular weight excluding hydrogens is 270 g/mol. The van der Waals surface area contributed by atoms with Crippen LogP contribution in [-0.4, -0.2) is 15.0 Å². The fraction of sp³-hybridized carbons (Fsp3) is 0. The number of halogens is 3. The summed E-state index contributed by atoms with van der Waals surface area (Å²) in [7, 11) is 0. The van der Waals surface area contributed by atoms with E-state index in [1.807, 2.05) is 0 Å². The van der Waals surface area contributed by atoms with Crippen molar-refractivity contribution in [2.45, 2.75) is 0 Å². The molecule has 1 N–H and O–H groups in total. The minimum atomic E-state index is 0.0242. The Morgan fingerprint density at radius 3 is 2.38 bits per heavy atom. The zero-order valence-electron chi connectivity index (χ0n) is 7.71. The molecule has 0 fully saturated rings. The first kappa shape index (κ1) is 11.4. The van der Waals surface area contributed by atoms with Crippen LogP contribution in [0.15, 0.2) is 18.2 Å². The summed E-state index contributed by atoms with van der Waals surface area (Å²) in [5, 5.41) is 3.42. The molecule has 1 radical (unpaired) electrons. The molecule has 2 rings (SSSR count). The van der Waals surface area contributed by atoms with Crippen LogP contribution in [0.2, 0.25) is 15.6 Å². The lowest BCUT2D eigenvalue weighted by Gasteiger charge is -2.04. The molecule has 0 saturated carbocycles. The van der Waals surface area contributed by atoms with Crippen LogP contribution >= 0.6 is 34.8 Å². The van der Waals surface area contributed by atoms with Crippen molar-refractivity contribution in [2.24, 2.45) is 0 Å². The molecule has 0 saturated heterocycles. The van der Waals surface area contributed by atoms with Crippen LogP contribution in [0.3, 0.4) is 0 Å². The van der Waals surface area contributed by atoms with Gasteiger partial charge in [0.15, 0.2) is 0 Å². The zero-order chi connectivity index (χ0) is 11.5. The van der Waals surface area contributed by atoms with Crippen LogP contribution in [0.25, 0.3) is 0 Å². The largest absolute Gasteiger partial charge is 0.324 e. The average Bonchev–Trinajstić information content (AvgIpc) is 2.15. The molecule has 0 bridgehead atoms. The minimum Gasteiger partial charge on any atom is -0.324 e. The van der Waals surface area contributed by atoms with Crippen molar-refractivity contribution in [1.82, 2.24) is 15.0 Å². The van der Waals surface area contributed by atoms with Gasteiger partial charge in [0.05, 0.1) is 5.02 Å². The van der Waals surface area contributed by atoms with Gasteiger partial charge in [0.2, 0.25) is 16.5 Å². The van der Waals surface area contributed by atoms with Gasteiger partial charge < -0.3 is 5.32 Å². The summed E-state index contributed by atoms with van der Waals surface area (Å²) in [6.45, 7) is 0. The van der Waals surface area contributed by atoms with Gasteiger partial charge >= 0.3 is 0 Å². The summed E-state index contributed by atoms with van der Waals surface area (Å²) >= 11 is 17.0. The molecule has 0 amide bonds. The van der Waals surface area contributed by atoms with E-state index >= 15 is 0 Å². The van der Waals surface area contributed by atoms with E-state index < -0.39 is 0 Å². The van der Waals surface area contributed by atoms with Crippen molar-refractivity contribution < 1.29 is 0 Å². The average molecular weight is 275 g/mol. The molecule has 0 spiro atoms. The number of hydrogen-bond acceptors (Lipinski definition) is 4. The molecule has 0 unspecified atom stereocenters. The second kappa shape index (κ2) is 4.82. The van der Waals surface area contributed by atoms with Gasteiger partial charge in [-0.25, -0.2) is 0 Å². The zero-order valence-corrected chi connectivity index (χ0v) is 9.98. The Balaban J connectivity index is 2.27. The second-order valence-electron chi connectivity index (χ2n) is 2.75. The molecule has 4 nitrogen and oxygen atoms in total. The lowest BCUT2D eigenvalue weighted by Crippen LogP contribution is -1.99. The van der Waals surface area contributed by atoms with Gasteiger partial charge in [0, 0.05) is 11.8 Å². The Morgan fingerprint density at radius 2 is 1.75 bits per heavy atom. The monoisotopic (exact) mass is 273 g/mol. The van der Waals surface area contributed by atoms with E-state index in [1.165, 1.54) is 0 Å². The number of nitrogens with one attached hydrogen (secondary N) is 1. The highest BCUT2D eigenvalue weighted by Gasteiger charge is 2.03. The molecule has 2 aromatic rings. The predicted octanol–water partition coefficient (Wildman–Crippen LogP) is 3.38. The van der Waals surface area contributed by atoms with E-state index in [-0.39, 0.29) is 16.5 Å². The van der Waals surface area contributed by atoms with Gasteiger partial charge in [-0.2, -0.15) is 15.0 Å². The number of nitrogens with zero attached hydrogens (tertiary/aromatic N) is 3. The highest BCUT2D eigenvalue weighted by molar-refractivity contribution is 6.31. The molecule has 1 aromatic heterocycles. The van der Waals surface area contributed by atoms with E-state index in [0.29, 0.717) is 10.7 Å². The van der Waals surface area contributed by atoms with Gasteiger partial charge in [-0.1, -0.05) is 17.7 Å². The lowest BCUT2D eigenvalue weighted by atomic mass is 10.3. The molecule has 16 heavy (non-hydrogen) atoms. The number of aromatic nitrogens is 3. The molecule has 7 heteroatoms. The highest BCUT2D eigenvalue weighted by atomic mass is 35.5. The summed E-state index contributed by atoms with van der Waals surface area (Å²) < 4.78 is 0. The maximum atomic E-state index is 5.77. The molecular formula is C9H4Cl3N4. The van der Waals surface area contributed by atoms with Gasteiger partial charge in [0.1, 0.15) is 0 Å². The molecule has 0 aliphatic heterocycles. The van der Waals surface area contributed by atoms with Crippen molar-refractivity contribution in [1.29, 1.82) is 0 Å². The van der Waals surface area contributed by atoms with E-state index in [4.69, 9.17) is 34.8 Å². The van der Waals surface area contributed by atoms with Gasteiger partial charge in [-0.3, -0.25) is 0 Å². The lowest BCUT2D eigenvalue weighted by molar-refractivity contribution is 1.05. The third-order valence-corrected chi connectivity index (χ3v) is 2.16. The first-order chi connectivity index (χ1) is 7.63. The molecule has 1 aromatic carbocycles. The maximum Gasteiger partial charge on any atom is 0.232 e. The number of rotatable bonds is 2. The Bertz CT molecular complexity index is 498. The van der Waals surface area contributed by atoms with Crippen LogP contribution in [0.1, 0.15) is 0 Å². The van der Waals surface area contributed by atoms with Gasteiger partial charge in [-0.15, -0.1) is 0 Å². The standard InChI is InChI=1S/C9H4Cl3N4/c10-5-2-1-3-6(4-5)13-9-15-7(11)14-8(12)16-9/h1,3-4H,(H,13,14,15,16). The van der Waals surface area contributed by atoms with Crippen molar-refractivity contribution in [3.63, 3.8) is 0 Å². The van der Waals surface area contributed by atoms with Crippen molar-refractivity contribution in [3.05, 3.63) is 39.9 Å². The summed E-state index contributed by atoms with van der Waals surface area (Å²) in [6, 6.07) is 7.91. The SMILES string of the molecule is Clc1[c]ccc(Nc2nc(Cl)nc(Cl)n2)c1. The predicted molar refractivity (Wildman–Crippen MR) is 63.4 cm³/mol. The van der Waals surface area contributed by atoms with Crippen molar-refractivity contribution in [3.8, 4) is 0 Å². The summed E-state index contributed by atoms with van der Waals surface area (Å²) in [4.78, 5) is 11.3. The van der Waals surface area contributed by atoms with Gasteiger partial charge in [0.25, 0.3) is 0 Å². The third kappa shape index (κ3) is 2.95. The Kier molecular flexibility index (Phi) is 3.43. The second-order valence-corrected chi connectivity index (χ2v) is 3.83. The number of anilines is 2. The van der Waals surface area contributed by atoms with Crippen molar-refractivity contribution >= 4 is 46.4 Å². The fourth-order valence-corrected chi connectivity index (χ4v) is 1.57. The molecule has 0 aliphatic carbocycles. The van der Waals surface area contributed by atoms with E-state index in [9.17, 15) is 0 Å². The fourth-order valence-electron chi connectivity index (χ4n) is 1.03. The minimum absolute atomic E-state index is 0.0242. The Hall–Kier alpha value is -1.10. The van der Waals surface area contributed by atoms with E-state index in [0.717, 1.165) is 0 Å². The van der Waals surface area contributed by atoms with E-state index in [1.54, 1.807) is 18.2 Å². The number of hydrogen-bond donors (Lipinski definition) is 1. The summed E-state index contributed by atoms with van der Waals surface area (Å²) in [5.74, 6) is 0.257. The Morgan fingerprint density at radius 1 is 1.06 bits per heavy atom. The molecule has 0 aliphatic rings. The molecule has 81 valence electrons. The van der Waals surface area contributed by atoms with Crippen LogP contribution in [-0.2, 0) is 0 Å². The topological polar surface area (TPSA) is 50.7 Å². The normalized spacial score (nSPS) is 10.2. The van der Waals surface area contributed by atoms with Crippen LogP contribution < -0.4 is 5.32 Å². The summed E-state index contributed by atoms with van der Waals surface area (Å²) in [5.41, 5.74) is 0.710. The van der Waals surface area contributed by atoms with Gasteiger partial charge in [-0.05, 0) is 35.3 Å². The maximum absolute atomic E-state index is 5.77. The summed E-state index contributed by atoms with van der Waals surface area (Å²) in [6.07, 6.45) is 0. The quantitative estimate of drug-likeness (QED) is 0.912. The van der Waals surface area contributed by atoms with Crippen LogP contribution in [0, 0.1) is 6.07 Å².